The van der Waals surface area contributed by atoms with Crippen LogP contribution < -0.4 is 20.7 Å². The van der Waals surface area contributed by atoms with Crippen molar-refractivity contribution in [2.45, 2.75) is 78.7 Å². The Morgan fingerprint density at radius 1 is 1.06 bits per heavy atom. The summed E-state index contributed by atoms with van der Waals surface area (Å²) in [7, 11) is 1.56. The molecule has 1 amide bonds. The molecule has 0 spiro atoms. The Labute approximate surface area is 307 Å². The molecule has 9 nitrogen and oxygen atoms in total. The molecule has 0 aliphatic carbocycles. The summed E-state index contributed by atoms with van der Waals surface area (Å²) in [6.07, 6.45) is 9.19. The quantitative estimate of drug-likeness (QED) is 0.142. The van der Waals surface area contributed by atoms with E-state index in [0.29, 0.717) is 49.5 Å². The van der Waals surface area contributed by atoms with Gasteiger partial charge in [0.25, 0.3) is 0 Å². The third-order valence-corrected chi connectivity index (χ3v) is 8.23. The Hall–Kier alpha value is -5.03. The van der Waals surface area contributed by atoms with Crippen LogP contribution in [0, 0.1) is 17.0 Å². The number of aliphatic imine (C=N–C) groups is 1. The van der Waals surface area contributed by atoms with Crippen LogP contribution in [0.3, 0.4) is 0 Å². The molecule has 3 aromatic carbocycles. The maximum Gasteiger partial charge on any atom is 0.303 e. The summed E-state index contributed by atoms with van der Waals surface area (Å²) in [5.74, 6) is -1.08. The van der Waals surface area contributed by atoms with E-state index in [1.807, 2.05) is 44.2 Å². The molecule has 11 heteroatoms. The molecule has 1 aliphatic heterocycles. The number of anilines is 1. The van der Waals surface area contributed by atoms with Gasteiger partial charge in [-0.05, 0) is 93.3 Å². The summed E-state index contributed by atoms with van der Waals surface area (Å²) in [5, 5.41) is 16.7. The lowest BCUT2D eigenvalue weighted by atomic mass is 9.79. The second-order valence-corrected chi connectivity index (χ2v) is 13.3. The van der Waals surface area contributed by atoms with Crippen molar-refractivity contribution in [1.29, 1.82) is 0 Å². The Morgan fingerprint density at radius 2 is 1.77 bits per heavy atom. The summed E-state index contributed by atoms with van der Waals surface area (Å²) in [6, 6.07) is 17.8. The van der Waals surface area contributed by atoms with Crippen LogP contribution in [0.1, 0.15) is 77.0 Å². The molecule has 3 aromatic rings. The van der Waals surface area contributed by atoms with Gasteiger partial charge in [-0.25, -0.2) is 8.78 Å². The number of carbonyl (C=O) groups excluding carboxylic acids is 1. The molecule has 1 aliphatic rings. The molecule has 2 bridgehead atoms. The average Bonchev–Trinajstić information content (AvgIpc) is 3.11. The zero-order chi connectivity index (χ0) is 38.6. The monoisotopic (exact) mass is 720 g/mol. The van der Waals surface area contributed by atoms with Gasteiger partial charge in [-0.3, -0.25) is 14.6 Å². The molecule has 0 aromatic heterocycles. The number of carbonyl (C=O) groups is 2. The fraction of sp³-hybridized carbons (Fsp3) is 0.390. The Bertz CT molecular complexity index is 1650. The van der Waals surface area contributed by atoms with Crippen molar-refractivity contribution in [3.63, 3.8) is 0 Å². The lowest BCUT2D eigenvalue weighted by molar-refractivity contribution is -0.137. The first-order chi connectivity index (χ1) is 24.8. The van der Waals surface area contributed by atoms with E-state index in [2.05, 4.69) is 60.6 Å². The number of ether oxygens (including phenoxy) is 2. The average molecular weight is 721 g/mol. The molecular weight excluding hydrogens is 666 g/mol. The Kier molecular flexibility index (Phi) is 18.3. The first-order valence-electron chi connectivity index (χ1n) is 17.4. The number of aliphatic carboxylic acids is 1. The third-order valence-electron chi connectivity index (χ3n) is 8.23. The van der Waals surface area contributed by atoms with E-state index < -0.39 is 23.0 Å². The van der Waals surface area contributed by atoms with E-state index >= 15 is 8.78 Å². The van der Waals surface area contributed by atoms with Crippen LogP contribution in [0.2, 0.25) is 0 Å². The van der Waals surface area contributed by atoms with Crippen molar-refractivity contribution in [1.82, 2.24) is 10.6 Å². The molecule has 1 unspecified atom stereocenters. The number of rotatable bonds is 7. The van der Waals surface area contributed by atoms with Crippen LogP contribution in [-0.2, 0) is 32.7 Å². The van der Waals surface area contributed by atoms with Gasteiger partial charge in [0.2, 0.25) is 6.41 Å². The molecular formula is C41H54F2N4O5. The van der Waals surface area contributed by atoms with Gasteiger partial charge in [0.15, 0.2) is 11.6 Å². The summed E-state index contributed by atoms with van der Waals surface area (Å²) in [6.45, 7) is 14.9. The number of aryl methyl sites for hydroxylation is 1. The molecule has 1 heterocycles. The fourth-order valence-electron chi connectivity index (χ4n) is 5.44. The Morgan fingerprint density at radius 3 is 2.37 bits per heavy atom. The van der Waals surface area contributed by atoms with Crippen molar-refractivity contribution in [3.05, 3.63) is 113 Å². The third kappa shape index (κ3) is 13.9. The van der Waals surface area contributed by atoms with E-state index in [0.717, 1.165) is 36.1 Å². The second-order valence-electron chi connectivity index (χ2n) is 13.3. The van der Waals surface area contributed by atoms with E-state index in [1.165, 1.54) is 18.2 Å². The van der Waals surface area contributed by atoms with Gasteiger partial charge in [-0.2, -0.15) is 0 Å². The standard InChI is InChI=1S/C35H41F2N3O2.C4H8O2.C2H5NO/c1-6-17-39-28-18-25-11-10-16-34(2,3)23-41-24-35(4,27-12-8-7-9-13-27)32(22-38-5)40-21-26-19-29(14-15-30(26)36)42-33(25)31(37)20-28;1-2-3-4(5)6;1-3-2-4/h6-9,12-15,17-20,22,39-40H,5,10-11,16,21,23-24H2,1-4H3;2-3H2,1H3,(H,5,6);2H,1H3,(H,3,4)/b17-6-,32-22-;;. The van der Waals surface area contributed by atoms with Gasteiger partial charge in [0, 0.05) is 49.2 Å². The first kappa shape index (κ1) is 43.1. The van der Waals surface area contributed by atoms with E-state index in [4.69, 9.17) is 19.4 Å². The van der Waals surface area contributed by atoms with Gasteiger partial charge in [0.05, 0.1) is 18.6 Å². The predicted molar refractivity (Wildman–Crippen MR) is 205 cm³/mol. The number of benzene rings is 3. The van der Waals surface area contributed by atoms with Crippen LogP contribution in [0.25, 0.3) is 0 Å². The lowest BCUT2D eigenvalue weighted by Gasteiger charge is -2.35. The van der Waals surface area contributed by atoms with E-state index in [9.17, 15) is 4.79 Å². The number of carboxylic acids is 1. The van der Waals surface area contributed by atoms with Crippen molar-refractivity contribution in [2.24, 2.45) is 10.4 Å². The molecule has 0 saturated heterocycles. The minimum atomic E-state index is -0.711. The molecule has 0 fully saturated rings. The van der Waals surface area contributed by atoms with Gasteiger partial charge >= 0.3 is 5.97 Å². The minimum Gasteiger partial charge on any atom is -0.481 e. The van der Waals surface area contributed by atoms with Gasteiger partial charge in [-0.1, -0.05) is 57.2 Å². The molecule has 52 heavy (non-hydrogen) atoms. The summed E-state index contributed by atoms with van der Waals surface area (Å²) in [5.41, 5.74) is 2.80. The van der Waals surface area contributed by atoms with Crippen LogP contribution in [-0.4, -0.2) is 44.5 Å². The maximum absolute atomic E-state index is 15.5. The zero-order valence-electron chi connectivity index (χ0n) is 31.2. The van der Waals surface area contributed by atoms with Crippen LogP contribution in [0.4, 0.5) is 14.5 Å². The van der Waals surface area contributed by atoms with E-state index in [-0.39, 0.29) is 17.7 Å². The normalized spacial score (nSPS) is 18.0. The first-order valence-corrected chi connectivity index (χ1v) is 17.4. The van der Waals surface area contributed by atoms with Gasteiger partial charge in [0.1, 0.15) is 11.6 Å². The van der Waals surface area contributed by atoms with Gasteiger partial charge in [-0.15, -0.1) is 0 Å². The molecule has 0 saturated carbocycles. The van der Waals surface area contributed by atoms with Crippen molar-refractivity contribution in [2.75, 3.05) is 25.6 Å². The summed E-state index contributed by atoms with van der Waals surface area (Å²) >= 11 is 0. The van der Waals surface area contributed by atoms with Gasteiger partial charge < -0.3 is 30.5 Å². The predicted octanol–water partition coefficient (Wildman–Crippen LogP) is 8.90. The van der Waals surface area contributed by atoms with Crippen molar-refractivity contribution in [3.8, 4) is 11.5 Å². The molecule has 4 rings (SSSR count). The second kappa shape index (κ2) is 22.0. The molecule has 0 radical (unpaired) electrons. The number of amides is 1. The number of nitrogens with one attached hydrogen (secondary N) is 3. The van der Waals surface area contributed by atoms with Crippen LogP contribution in [0.5, 0.6) is 11.5 Å². The Balaban J connectivity index is 0.000000825. The highest BCUT2D eigenvalue weighted by Gasteiger charge is 2.33. The SMILES string of the molecule is C=N/C=C1\NCc2cc(ccc2F)Oc2c(F)cc(N/C=C\C)cc2CCCC(C)(C)COCC1(C)c1ccccc1.CCCC(=O)O.CNC=O. The zero-order valence-corrected chi connectivity index (χ0v) is 31.2. The number of fused-ring (bicyclic) bond motifs is 3. The van der Waals surface area contributed by atoms with E-state index in [1.54, 1.807) is 25.5 Å². The molecule has 1 atom stereocenters. The highest BCUT2D eigenvalue weighted by molar-refractivity contribution is 5.66. The highest BCUT2D eigenvalue weighted by Crippen LogP contribution is 2.36. The van der Waals surface area contributed by atoms with Crippen molar-refractivity contribution < 1.29 is 33.0 Å². The number of carboxylic acid groups (broad SMARTS) is 1. The number of allylic oxidation sites excluding steroid dienone is 1. The lowest BCUT2D eigenvalue weighted by Crippen LogP contribution is -2.38. The minimum absolute atomic E-state index is 0.129. The van der Waals surface area contributed by atoms with Crippen molar-refractivity contribution >= 4 is 24.8 Å². The van der Waals surface area contributed by atoms with Crippen LogP contribution >= 0.6 is 0 Å². The molecule has 282 valence electrons. The fourth-order valence-corrected chi connectivity index (χ4v) is 5.44. The topological polar surface area (TPSA) is 121 Å². The number of hydrogen-bond acceptors (Lipinski definition) is 7. The number of nitrogens with zero attached hydrogens (tertiary/aromatic N) is 1. The maximum atomic E-state index is 15.5. The summed E-state index contributed by atoms with van der Waals surface area (Å²) in [4.78, 5) is 22.7. The molecule has 4 N–H and O–H groups in total. The highest BCUT2D eigenvalue weighted by atomic mass is 19.1. The number of hydrogen-bond donors (Lipinski definition) is 4. The largest absolute Gasteiger partial charge is 0.481 e. The number of halogens is 2. The summed E-state index contributed by atoms with van der Waals surface area (Å²) < 4.78 is 43.1. The van der Waals surface area contributed by atoms with Crippen LogP contribution in [0.15, 0.2) is 89.8 Å². The smallest absolute Gasteiger partial charge is 0.303 e.